The van der Waals surface area contributed by atoms with Crippen molar-refractivity contribution in [3.05, 3.63) is 35.9 Å². The standard InChI is InChI=1S/C19H18N2O5S/c1-4-21-17-6-5-12(27(3,23)24)7-13(17)14-8-15-16(20-26-11(2)22)10-25-19(15)9-18(14)21/h5-9H,4,10H2,1-3H3/b20-16+. The molecular weight excluding hydrogens is 368 g/mol. The Labute approximate surface area is 156 Å². The van der Waals surface area contributed by atoms with Crippen LogP contribution in [0.15, 0.2) is 40.4 Å². The van der Waals surface area contributed by atoms with E-state index in [1.807, 2.05) is 25.1 Å². The van der Waals surface area contributed by atoms with Crippen molar-refractivity contribution >= 4 is 43.3 Å². The number of oxime groups is 1. The van der Waals surface area contributed by atoms with Gasteiger partial charge in [0.2, 0.25) is 0 Å². The van der Waals surface area contributed by atoms with E-state index >= 15 is 0 Å². The van der Waals surface area contributed by atoms with Crippen LogP contribution >= 0.6 is 0 Å². The summed E-state index contributed by atoms with van der Waals surface area (Å²) in [7, 11) is -3.32. The van der Waals surface area contributed by atoms with Crippen LogP contribution in [0.4, 0.5) is 0 Å². The first-order valence-corrected chi connectivity index (χ1v) is 10.4. The molecule has 27 heavy (non-hydrogen) atoms. The van der Waals surface area contributed by atoms with Gasteiger partial charge in [0.25, 0.3) is 0 Å². The second-order valence-corrected chi connectivity index (χ2v) is 8.49. The van der Waals surface area contributed by atoms with Gasteiger partial charge in [0.15, 0.2) is 9.84 Å². The van der Waals surface area contributed by atoms with Gasteiger partial charge in [-0.1, -0.05) is 5.16 Å². The number of hydrogen-bond donors (Lipinski definition) is 0. The van der Waals surface area contributed by atoms with Crippen LogP contribution in [0.1, 0.15) is 19.4 Å². The molecule has 1 aliphatic heterocycles. The van der Waals surface area contributed by atoms with Crippen molar-refractivity contribution in [2.45, 2.75) is 25.3 Å². The number of aryl methyl sites for hydroxylation is 1. The summed E-state index contributed by atoms with van der Waals surface area (Å²) in [6.45, 7) is 4.26. The summed E-state index contributed by atoms with van der Waals surface area (Å²) in [5.74, 6) is 0.159. The van der Waals surface area contributed by atoms with E-state index in [0.29, 0.717) is 11.5 Å². The first-order chi connectivity index (χ1) is 12.8. The first-order valence-electron chi connectivity index (χ1n) is 8.47. The molecule has 0 aliphatic carbocycles. The maximum Gasteiger partial charge on any atom is 0.331 e. The minimum atomic E-state index is -3.32. The summed E-state index contributed by atoms with van der Waals surface area (Å²) in [4.78, 5) is 16.1. The van der Waals surface area contributed by atoms with Gasteiger partial charge in [0.05, 0.1) is 10.4 Å². The summed E-state index contributed by atoms with van der Waals surface area (Å²) in [6, 6.07) is 8.99. The fourth-order valence-corrected chi connectivity index (χ4v) is 4.09. The molecule has 0 spiro atoms. The second-order valence-electron chi connectivity index (χ2n) is 6.47. The smallest absolute Gasteiger partial charge is 0.331 e. The minimum Gasteiger partial charge on any atom is -0.486 e. The van der Waals surface area contributed by atoms with Crippen LogP contribution in [0.5, 0.6) is 5.75 Å². The molecule has 3 aromatic rings. The monoisotopic (exact) mass is 386 g/mol. The van der Waals surface area contributed by atoms with Crippen LogP contribution in [0.25, 0.3) is 21.8 Å². The molecule has 2 heterocycles. The quantitative estimate of drug-likeness (QED) is 0.510. The van der Waals surface area contributed by atoms with Gasteiger partial charge < -0.3 is 14.1 Å². The molecule has 0 unspecified atom stereocenters. The van der Waals surface area contributed by atoms with Gasteiger partial charge in [0.1, 0.15) is 18.1 Å². The number of ether oxygens (including phenoxy) is 1. The van der Waals surface area contributed by atoms with Gasteiger partial charge in [-0.05, 0) is 31.2 Å². The summed E-state index contributed by atoms with van der Waals surface area (Å²) >= 11 is 0. The zero-order valence-electron chi connectivity index (χ0n) is 15.1. The van der Waals surface area contributed by atoms with Crippen molar-refractivity contribution in [3.63, 3.8) is 0 Å². The number of benzene rings is 2. The third kappa shape index (κ3) is 2.86. The third-order valence-corrected chi connectivity index (χ3v) is 5.75. The van der Waals surface area contributed by atoms with E-state index in [1.165, 1.54) is 13.2 Å². The van der Waals surface area contributed by atoms with Gasteiger partial charge in [-0.25, -0.2) is 13.2 Å². The Balaban J connectivity index is 2.01. The average Bonchev–Trinajstić information content (AvgIpc) is 3.14. The van der Waals surface area contributed by atoms with Crippen molar-refractivity contribution in [2.75, 3.05) is 12.9 Å². The Hall–Kier alpha value is -2.87. The summed E-state index contributed by atoms with van der Waals surface area (Å²) < 4.78 is 31.8. The number of fused-ring (bicyclic) bond motifs is 4. The Bertz CT molecular complexity index is 1240. The number of hydrogen-bond acceptors (Lipinski definition) is 6. The van der Waals surface area contributed by atoms with Crippen molar-refractivity contribution in [1.29, 1.82) is 0 Å². The predicted octanol–water partition coefficient (Wildman–Crippen LogP) is 2.88. The fraction of sp³-hybridized carbons (Fsp3) is 0.263. The van der Waals surface area contributed by atoms with Crippen LogP contribution in [0.3, 0.4) is 0 Å². The Morgan fingerprint density at radius 1 is 1.22 bits per heavy atom. The number of nitrogens with zero attached hydrogens (tertiary/aromatic N) is 2. The number of sulfone groups is 1. The lowest BCUT2D eigenvalue weighted by Crippen LogP contribution is -2.05. The fourth-order valence-electron chi connectivity index (χ4n) is 3.44. The molecule has 7 nitrogen and oxygen atoms in total. The molecule has 0 bridgehead atoms. The lowest BCUT2D eigenvalue weighted by Gasteiger charge is -2.04. The number of aromatic nitrogens is 1. The van der Waals surface area contributed by atoms with Crippen LogP contribution in [-0.4, -0.2) is 37.5 Å². The lowest BCUT2D eigenvalue weighted by molar-refractivity contribution is -0.140. The summed E-state index contributed by atoms with van der Waals surface area (Å²) in [6.07, 6.45) is 1.20. The van der Waals surface area contributed by atoms with E-state index < -0.39 is 15.8 Å². The van der Waals surface area contributed by atoms with Crippen molar-refractivity contribution < 1.29 is 22.8 Å². The molecule has 140 valence electrons. The van der Waals surface area contributed by atoms with E-state index in [2.05, 4.69) is 9.72 Å². The normalized spacial score (nSPS) is 15.3. The van der Waals surface area contributed by atoms with Gasteiger partial charge in [-0.15, -0.1) is 0 Å². The van der Waals surface area contributed by atoms with Gasteiger partial charge >= 0.3 is 5.97 Å². The molecule has 0 saturated heterocycles. The predicted molar refractivity (Wildman–Crippen MR) is 102 cm³/mol. The van der Waals surface area contributed by atoms with Crippen molar-refractivity contribution in [1.82, 2.24) is 4.57 Å². The zero-order chi connectivity index (χ0) is 19.3. The molecule has 0 radical (unpaired) electrons. The zero-order valence-corrected chi connectivity index (χ0v) is 16.0. The van der Waals surface area contributed by atoms with Crippen LogP contribution < -0.4 is 4.74 Å². The molecule has 0 saturated carbocycles. The Kier molecular flexibility index (Phi) is 3.96. The molecule has 4 rings (SSSR count). The largest absolute Gasteiger partial charge is 0.486 e. The van der Waals surface area contributed by atoms with Crippen LogP contribution in [0.2, 0.25) is 0 Å². The van der Waals surface area contributed by atoms with Crippen LogP contribution in [0, 0.1) is 0 Å². The van der Waals surface area contributed by atoms with E-state index in [1.54, 1.807) is 12.1 Å². The molecule has 1 aliphatic rings. The Morgan fingerprint density at radius 3 is 2.63 bits per heavy atom. The summed E-state index contributed by atoms with van der Waals surface area (Å²) in [5.41, 5.74) is 3.16. The highest BCUT2D eigenvalue weighted by atomic mass is 32.2. The first kappa shape index (κ1) is 17.5. The van der Waals surface area contributed by atoms with E-state index in [4.69, 9.17) is 9.57 Å². The van der Waals surface area contributed by atoms with Crippen molar-refractivity contribution in [3.8, 4) is 5.75 Å². The SMILES string of the molecule is CCn1c2ccc(S(C)(=O)=O)cc2c2cc3c(cc21)OC/C3=N\OC(C)=O. The van der Waals surface area contributed by atoms with E-state index in [-0.39, 0.29) is 11.5 Å². The molecule has 2 aromatic carbocycles. The minimum absolute atomic E-state index is 0.216. The maximum absolute atomic E-state index is 12.0. The van der Waals surface area contributed by atoms with Gasteiger partial charge in [-0.2, -0.15) is 0 Å². The topological polar surface area (TPSA) is 87.0 Å². The van der Waals surface area contributed by atoms with E-state index in [9.17, 15) is 13.2 Å². The number of rotatable bonds is 3. The highest BCUT2D eigenvalue weighted by molar-refractivity contribution is 7.90. The van der Waals surface area contributed by atoms with Crippen molar-refractivity contribution in [2.24, 2.45) is 5.16 Å². The maximum atomic E-state index is 12.0. The Morgan fingerprint density at radius 2 is 1.96 bits per heavy atom. The van der Waals surface area contributed by atoms with Gasteiger partial charge in [0, 0.05) is 47.6 Å². The molecule has 8 heteroatoms. The van der Waals surface area contributed by atoms with E-state index in [0.717, 1.165) is 33.9 Å². The number of carbonyl (C=O) groups is 1. The third-order valence-electron chi connectivity index (χ3n) is 4.64. The molecule has 0 N–H and O–H groups in total. The van der Waals surface area contributed by atoms with Gasteiger partial charge in [-0.3, -0.25) is 0 Å². The molecule has 1 aromatic heterocycles. The lowest BCUT2D eigenvalue weighted by atomic mass is 10.1. The highest BCUT2D eigenvalue weighted by Crippen LogP contribution is 2.37. The molecular formula is C19H18N2O5S. The molecule has 0 atom stereocenters. The highest BCUT2D eigenvalue weighted by Gasteiger charge is 2.24. The number of carbonyl (C=O) groups excluding carboxylic acids is 1. The average molecular weight is 386 g/mol. The molecule has 0 amide bonds. The molecule has 0 fully saturated rings. The van der Waals surface area contributed by atoms with Crippen LogP contribution in [-0.2, 0) is 26.0 Å². The summed E-state index contributed by atoms with van der Waals surface area (Å²) in [5, 5.41) is 5.62. The second kappa shape index (κ2) is 6.09.